The van der Waals surface area contributed by atoms with Crippen molar-refractivity contribution in [3.05, 3.63) is 30.1 Å². The SMILES string of the molecule is O=C(NCCS(=O)(=O)c1ccc(F)cc1)C1CC(=O)N(C2CCCC2)C1. The Hall–Kier alpha value is -1.96. The van der Waals surface area contributed by atoms with Gasteiger partial charge in [-0.2, -0.15) is 0 Å². The predicted octanol–water partition coefficient (Wildman–Crippen LogP) is 1.51. The number of hydrogen-bond donors (Lipinski definition) is 1. The second-order valence-corrected chi connectivity index (χ2v) is 9.06. The van der Waals surface area contributed by atoms with Crippen molar-refractivity contribution in [2.75, 3.05) is 18.8 Å². The van der Waals surface area contributed by atoms with Crippen molar-refractivity contribution in [3.8, 4) is 0 Å². The molecule has 1 unspecified atom stereocenters. The van der Waals surface area contributed by atoms with E-state index in [1.807, 2.05) is 4.90 Å². The first-order valence-electron chi connectivity index (χ1n) is 8.92. The molecule has 0 bridgehead atoms. The molecule has 1 atom stereocenters. The maximum absolute atomic E-state index is 12.9. The molecule has 1 aromatic carbocycles. The predicted molar refractivity (Wildman–Crippen MR) is 93.5 cm³/mol. The largest absolute Gasteiger partial charge is 0.355 e. The van der Waals surface area contributed by atoms with E-state index in [-0.39, 0.29) is 41.5 Å². The van der Waals surface area contributed by atoms with E-state index in [9.17, 15) is 22.4 Å². The van der Waals surface area contributed by atoms with Crippen LogP contribution in [-0.2, 0) is 19.4 Å². The van der Waals surface area contributed by atoms with E-state index in [1.54, 1.807) is 0 Å². The number of carbonyl (C=O) groups excluding carboxylic acids is 2. The average Bonchev–Trinajstić information content (AvgIpc) is 3.24. The van der Waals surface area contributed by atoms with Crippen LogP contribution >= 0.6 is 0 Å². The monoisotopic (exact) mass is 382 g/mol. The number of carbonyl (C=O) groups is 2. The minimum Gasteiger partial charge on any atom is -0.355 e. The van der Waals surface area contributed by atoms with Crippen LogP contribution in [0.4, 0.5) is 4.39 Å². The number of hydrogen-bond acceptors (Lipinski definition) is 4. The molecule has 1 aromatic rings. The Morgan fingerprint density at radius 3 is 2.50 bits per heavy atom. The zero-order valence-electron chi connectivity index (χ0n) is 14.5. The highest BCUT2D eigenvalue weighted by molar-refractivity contribution is 7.91. The van der Waals surface area contributed by atoms with Gasteiger partial charge in [-0.25, -0.2) is 12.8 Å². The van der Waals surface area contributed by atoms with Gasteiger partial charge in [0, 0.05) is 25.6 Å². The van der Waals surface area contributed by atoms with Crippen LogP contribution in [0, 0.1) is 11.7 Å². The van der Waals surface area contributed by atoms with Gasteiger partial charge < -0.3 is 10.2 Å². The molecule has 0 radical (unpaired) electrons. The molecule has 6 nitrogen and oxygen atoms in total. The first-order chi connectivity index (χ1) is 12.4. The number of amides is 2. The standard InChI is InChI=1S/C18H23FN2O4S/c19-14-5-7-16(8-6-14)26(24,25)10-9-20-18(23)13-11-17(22)21(12-13)15-3-1-2-4-15/h5-8,13,15H,1-4,9-12H2,(H,20,23). The Balaban J connectivity index is 1.49. The lowest BCUT2D eigenvalue weighted by atomic mass is 10.1. The summed E-state index contributed by atoms with van der Waals surface area (Å²) in [4.78, 5) is 26.3. The van der Waals surface area contributed by atoms with Crippen molar-refractivity contribution in [2.24, 2.45) is 5.92 Å². The molecule has 8 heteroatoms. The molecule has 142 valence electrons. The smallest absolute Gasteiger partial charge is 0.225 e. The van der Waals surface area contributed by atoms with Gasteiger partial charge in [0.15, 0.2) is 9.84 Å². The summed E-state index contributed by atoms with van der Waals surface area (Å²) in [5, 5.41) is 2.62. The lowest BCUT2D eigenvalue weighted by molar-refractivity contribution is -0.130. The summed E-state index contributed by atoms with van der Waals surface area (Å²) >= 11 is 0. The van der Waals surface area contributed by atoms with Crippen LogP contribution in [0.1, 0.15) is 32.1 Å². The second-order valence-electron chi connectivity index (χ2n) is 6.95. The lowest BCUT2D eigenvalue weighted by Crippen LogP contribution is -2.38. The molecular weight excluding hydrogens is 359 g/mol. The number of sulfone groups is 1. The summed E-state index contributed by atoms with van der Waals surface area (Å²) in [6.45, 7) is 0.382. The van der Waals surface area contributed by atoms with E-state index in [0.29, 0.717) is 6.54 Å². The van der Waals surface area contributed by atoms with Crippen molar-refractivity contribution in [1.82, 2.24) is 10.2 Å². The number of nitrogens with one attached hydrogen (secondary N) is 1. The van der Waals surface area contributed by atoms with Crippen LogP contribution in [0.15, 0.2) is 29.2 Å². The minimum atomic E-state index is -3.59. The number of likely N-dealkylation sites (tertiary alicyclic amines) is 1. The molecular formula is C18H23FN2O4S. The van der Waals surface area contributed by atoms with Crippen LogP contribution in [-0.4, -0.2) is 50.0 Å². The van der Waals surface area contributed by atoms with E-state index in [2.05, 4.69) is 5.32 Å². The highest BCUT2D eigenvalue weighted by atomic mass is 32.2. The van der Waals surface area contributed by atoms with Crippen molar-refractivity contribution in [2.45, 2.75) is 43.0 Å². The summed E-state index contributed by atoms with van der Waals surface area (Å²) in [5.74, 6) is -1.46. The van der Waals surface area contributed by atoms with Gasteiger partial charge in [0.2, 0.25) is 11.8 Å². The van der Waals surface area contributed by atoms with Crippen molar-refractivity contribution >= 4 is 21.7 Å². The molecule has 1 saturated carbocycles. The average molecular weight is 382 g/mol. The molecule has 2 amide bonds. The van der Waals surface area contributed by atoms with Gasteiger partial charge in [-0.15, -0.1) is 0 Å². The molecule has 1 heterocycles. The molecule has 3 rings (SSSR count). The van der Waals surface area contributed by atoms with Crippen LogP contribution in [0.5, 0.6) is 0 Å². The lowest BCUT2D eigenvalue weighted by Gasteiger charge is -2.23. The molecule has 1 N–H and O–H groups in total. The molecule has 2 fully saturated rings. The maximum atomic E-state index is 12.9. The van der Waals surface area contributed by atoms with E-state index >= 15 is 0 Å². The Bertz CT molecular complexity index is 773. The Morgan fingerprint density at radius 2 is 1.85 bits per heavy atom. The number of rotatable bonds is 6. The number of halogens is 1. The van der Waals surface area contributed by atoms with E-state index in [0.717, 1.165) is 37.8 Å². The molecule has 26 heavy (non-hydrogen) atoms. The Kier molecular flexibility index (Phi) is 5.60. The third-order valence-electron chi connectivity index (χ3n) is 5.14. The van der Waals surface area contributed by atoms with E-state index in [4.69, 9.17) is 0 Å². The van der Waals surface area contributed by atoms with Gasteiger partial charge in [0.1, 0.15) is 5.82 Å². The van der Waals surface area contributed by atoms with E-state index in [1.165, 1.54) is 12.1 Å². The van der Waals surface area contributed by atoms with Crippen molar-refractivity contribution < 1.29 is 22.4 Å². The quantitative estimate of drug-likeness (QED) is 0.756. The normalized spacial score (nSPS) is 21.3. The summed E-state index contributed by atoms with van der Waals surface area (Å²) in [6, 6.07) is 4.85. The highest BCUT2D eigenvalue weighted by Crippen LogP contribution is 2.29. The van der Waals surface area contributed by atoms with Gasteiger partial charge in [-0.05, 0) is 37.1 Å². The fraction of sp³-hybridized carbons (Fsp3) is 0.556. The number of benzene rings is 1. The van der Waals surface area contributed by atoms with Gasteiger partial charge in [0.25, 0.3) is 0 Å². The minimum absolute atomic E-state index is 0.0102. The fourth-order valence-electron chi connectivity index (χ4n) is 3.69. The van der Waals surface area contributed by atoms with Gasteiger partial charge in [-0.3, -0.25) is 9.59 Å². The van der Waals surface area contributed by atoms with Crippen LogP contribution in [0.25, 0.3) is 0 Å². The topological polar surface area (TPSA) is 83.5 Å². The third-order valence-corrected chi connectivity index (χ3v) is 6.87. The molecule has 1 aliphatic heterocycles. The third kappa shape index (κ3) is 4.23. The summed E-state index contributed by atoms with van der Waals surface area (Å²) in [5.41, 5.74) is 0. The molecule has 1 saturated heterocycles. The molecule has 0 aromatic heterocycles. The van der Waals surface area contributed by atoms with Crippen molar-refractivity contribution in [3.63, 3.8) is 0 Å². The first kappa shape index (κ1) is 18.8. The van der Waals surface area contributed by atoms with E-state index < -0.39 is 21.6 Å². The van der Waals surface area contributed by atoms with Crippen molar-refractivity contribution in [1.29, 1.82) is 0 Å². The zero-order valence-corrected chi connectivity index (χ0v) is 15.3. The second kappa shape index (κ2) is 7.73. The Labute approximate surface area is 152 Å². The maximum Gasteiger partial charge on any atom is 0.225 e. The zero-order chi connectivity index (χ0) is 18.7. The summed E-state index contributed by atoms with van der Waals surface area (Å²) in [7, 11) is -3.59. The van der Waals surface area contributed by atoms with Crippen LogP contribution in [0.2, 0.25) is 0 Å². The molecule has 2 aliphatic rings. The van der Waals surface area contributed by atoms with Gasteiger partial charge in [0.05, 0.1) is 16.6 Å². The molecule has 0 spiro atoms. The highest BCUT2D eigenvalue weighted by Gasteiger charge is 2.38. The summed E-state index contributed by atoms with van der Waals surface area (Å²) in [6.07, 6.45) is 4.41. The van der Waals surface area contributed by atoms with Crippen LogP contribution < -0.4 is 5.32 Å². The Morgan fingerprint density at radius 1 is 1.19 bits per heavy atom. The van der Waals surface area contributed by atoms with Crippen LogP contribution in [0.3, 0.4) is 0 Å². The first-order valence-corrected chi connectivity index (χ1v) is 10.6. The molecule has 1 aliphatic carbocycles. The number of nitrogens with zero attached hydrogens (tertiary/aromatic N) is 1. The fourth-order valence-corrected chi connectivity index (χ4v) is 4.85. The van der Waals surface area contributed by atoms with Gasteiger partial charge >= 0.3 is 0 Å². The summed E-state index contributed by atoms with van der Waals surface area (Å²) < 4.78 is 37.3. The van der Waals surface area contributed by atoms with Gasteiger partial charge in [-0.1, -0.05) is 12.8 Å².